The molecular weight excluding hydrogens is 499 g/mol. The topological polar surface area (TPSA) is 83.0 Å². The number of hydrogen-bond acceptors (Lipinski definition) is 5. The summed E-state index contributed by atoms with van der Waals surface area (Å²) in [6, 6.07) is 3.53. The molecule has 2 rings (SSSR count). The molecule has 2 heterocycles. The van der Waals surface area contributed by atoms with E-state index >= 15 is 0 Å². The Morgan fingerprint density at radius 2 is 1.96 bits per heavy atom. The molecule has 1 saturated heterocycles. The number of guanidine groups is 1. The minimum Gasteiger partial charge on any atom is -0.379 e. The maximum Gasteiger partial charge on any atom is 0.252 e. The van der Waals surface area contributed by atoms with Crippen LogP contribution in [-0.4, -0.2) is 58.1 Å². The third-order valence-corrected chi connectivity index (χ3v) is 7.45. The lowest BCUT2D eigenvalue weighted by molar-refractivity contribution is 0.0731. The Morgan fingerprint density at radius 3 is 2.63 bits per heavy atom. The van der Waals surface area contributed by atoms with Crippen molar-refractivity contribution in [3.05, 3.63) is 17.0 Å². The summed E-state index contributed by atoms with van der Waals surface area (Å²) in [4.78, 5) is 5.50. The van der Waals surface area contributed by atoms with E-state index in [1.165, 1.54) is 28.5 Å². The highest BCUT2D eigenvalue weighted by Crippen LogP contribution is 2.26. The summed E-state index contributed by atoms with van der Waals surface area (Å²) in [5.41, 5.74) is 0. The van der Waals surface area contributed by atoms with E-state index < -0.39 is 10.0 Å². The van der Waals surface area contributed by atoms with Gasteiger partial charge in [0.15, 0.2) is 5.96 Å². The average molecular weight is 530 g/mol. The van der Waals surface area contributed by atoms with Crippen molar-refractivity contribution in [3.8, 4) is 0 Å². The molecule has 0 amide bonds. The number of aliphatic imine (C=N–C) groups is 1. The zero-order valence-corrected chi connectivity index (χ0v) is 20.0. The smallest absolute Gasteiger partial charge is 0.252 e. The normalized spacial score (nSPS) is 16.0. The predicted molar refractivity (Wildman–Crippen MR) is 122 cm³/mol. The number of nitrogens with one attached hydrogen (secondary N) is 2. The molecule has 0 atom stereocenters. The van der Waals surface area contributed by atoms with Gasteiger partial charge in [-0.1, -0.05) is 19.8 Å². The summed E-state index contributed by atoms with van der Waals surface area (Å²) in [5.74, 6) is 0.773. The van der Waals surface area contributed by atoms with E-state index in [2.05, 4.69) is 22.5 Å². The molecule has 10 heteroatoms. The first-order valence-corrected chi connectivity index (χ1v) is 11.5. The lowest BCUT2D eigenvalue weighted by Crippen LogP contribution is -2.40. The Bertz CT molecular complexity index is 673. The van der Waals surface area contributed by atoms with Crippen LogP contribution in [0.15, 0.2) is 21.3 Å². The number of unbranched alkanes of at least 4 members (excludes halogenated alkanes) is 2. The SMILES string of the molecule is CCCCCNC(=NCc1ccc(S(=O)(=O)N2CCOCC2)s1)NCC.I. The second-order valence-electron chi connectivity index (χ2n) is 6.07. The van der Waals surface area contributed by atoms with Crippen molar-refractivity contribution in [2.75, 3.05) is 39.4 Å². The number of thiophene rings is 1. The number of morpholine rings is 1. The molecule has 7 nitrogen and oxygen atoms in total. The second kappa shape index (κ2) is 12.9. The highest BCUT2D eigenvalue weighted by Gasteiger charge is 2.27. The molecule has 27 heavy (non-hydrogen) atoms. The molecule has 0 radical (unpaired) electrons. The lowest BCUT2D eigenvalue weighted by atomic mass is 10.2. The molecule has 0 aliphatic carbocycles. The fraction of sp³-hybridized carbons (Fsp3) is 0.706. The third kappa shape index (κ3) is 7.84. The summed E-state index contributed by atoms with van der Waals surface area (Å²) in [7, 11) is -3.42. The quantitative estimate of drug-likeness (QED) is 0.222. The molecule has 1 fully saturated rings. The summed E-state index contributed by atoms with van der Waals surface area (Å²) in [6.07, 6.45) is 3.49. The van der Waals surface area contributed by atoms with Gasteiger partial charge in [0.05, 0.1) is 19.8 Å². The molecule has 0 unspecified atom stereocenters. The fourth-order valence-corrected chi connectivity index (χ4v) is 5.42. The Labute approximate surface area is 184 Å². The Morgan fingerprint density at radius 1 is 1.22 bits per heavy atom. The molecule has 0 saturated carbocycles. The highest BCUT2D eigenvalue weighted by atomic mass is 127. The van der Waals surface area contributed by atoms with Crippen molar-refractivity contribution in [2.24, 2.45) is 4.99 Å². The van der Waals surface area contributed by atoms with Gasteiger partial charge in [-0.2, -0.15) is 4.31 Å². The van der Waals surface area contributed by atoms with E-state index in [4.69, 9.17) is 4.74 Å². The first-order valence-electron chi connectivity index (χ1n) is 9.26. The first-order chi connectivity index (χ1) is 12.6. The van der Waals surface area contributed by atoms with Crippen molar-refractivity contribution in [1.29, 1.82) is 0 Å². The minimum absolute atomic E-state index is 0. The van der Waals surface area contributed by atoms with Gasteiger partial charge < -0.3 is 15.4 Å². The monoisotopic (exact) mass is 530 g/mol. The van der Waals surface area contributed by atoms with Gasteiger partial charge in [-0.05, 0) is 25.5 Å². The molecular formula is C17H31IN4O3S2. The van der Waals surface area contributed by atoms with Gasteiger partial charge in [-0.25, -0.2) is 13.4 Å². The third-order valence-electron chi connectivity index (χ3n) is 4.01. The van der Waals surface area contributed by atoms with Crippen molar-refractivity contribution in [1.82, 2.24) is 14.9 Å². The van der Waals surface area contributed by atoms with Crippen LogP contribution in [0.2, 0.25) is 0 Å². The molecule has 2 N–H and O–H groups in total. The van der Waals surface area contributed by atoms with Crippen molar-refractivity contribution in [3.63, 3.8) is 0 Å². The van der Waals surface area contributed by atoms with E-state index in [1.807, 2.05) is 13.0 Å². The van der Waals surface area contributed by atoms with Crippen molar-refractivity contribution in [2.45, 2.75) is 43.9 Å². The van der Waals surface area contributed by atoms with Gasteiger partial charge in [0.2, 0.25) is 0 Å². The van der Waals surface area contributed by atoms with E-state index in [9.17, 15) is 8.42 Å². The van der Waals surface area contributed by atoms with E-state index in [0.717, 1.165) is 30.3 Å². The molecule has 0 aromatic carbocycles. The maximum atomic E-state index is 12.7. The molecule has 156 valence electrons. The van der Waals surface area contributed by atoms with Crippen LogP contribution in [0.25, 0.3) is 0 Å². The van der Waals surface area contributed by atoms with Crippen LogP contribution in [0.1, 0.15) is 38.0 Å². The number of rotatable bonds is 9. The molecule has 0 spiro atoms. The number of hydrogen-bond donors (Lipinski definition) is 2. The first kappa shape index (κ1) is 24.6. The average Bonchev–Trinajstić information content (AvgIpc) is 3.14. The standard InChI is InChI=1S/C17H30N4O3S2.HI/c1-3-5-6-9-19-17(18-4-2)20-14-15-7-8-16(25-15)26(22,23)21-10-12-24-13-11-21;/h7-8H,3-6,9-14H2,1-2H3,(H2,18,19,20);1H. The predicted octanol–water partition coefficient (Wildman–Crippen LogP) is 2.63. The lowest BCUT2D eigenvalue weighted by Gasteiger charge is -2.25. The zero-order valence-electron chi connectivity index (χ0n) is 16.1. The van der Waals surface area contributed by atoms with Gasteiger partial charge in [0.1, 0.15) is 4.21 Å². The van der Waals surface area contributed by atoms with E-state index in [1.54, 1.807) is 6.07 Å². The van der Waals surface area contributed by atoms with Gasteiger partial charge in [-0.15, -0.1) is 35.3 Å². The summed E-state index contributed by atoms with van der Waals surface area (Å²) >= 11 is 1.29. The summed E-state index contributed by atoms with van der Waals surface area (Å²) in [6.45, 7) is 8.10. The Balaban J connectivity index is 0.00000364. The van der Waals surface area contributed by atoms with Gasteiger partial charge in [0.25, 0.3) is 10.0 Å². The highest BCUT2D eigenvalue weighted by molar-refractivity contribution is 14.0. The fourth-order valence-electron chi connectivity index (χ4n) is 2.58. The molecule has 1 aromatic heterocycles. The Hall–Kier alpha value is -0.430. The summed E-state index contributed by atoms with van der Waals surface area (Å²) in [5, 5.41) is 6.54. The van der Waals surface area contributed by atoms with Gasteiger partial charge in [-0.3, -0.25) is 0 Å². The maximum absolute atomic E-state index is 12.7. The molecule has 1 aromatic rings. The van der Waals surface area contributed by atoms with Crippen molar-refractivity contribution >= 4 is 51.3 Å². The second-order valence-corrected chi connectivity index (χ2v) is 9.40. The van der Waals surface area contributed by atoms with Crippen molar-refractivity contribution < 1.29 is 13.2 Å². The van der Waals surface area contributed by atoms with Crippen LogP contribution in [0.5, 0.6) is 0 Å². The zero-order chi connectivity index (χ0) is 18.8. The van der Waals surface area contributed by atoms with E-state index in [-0.39, 0.29) is 24.0 Å². The number of nitrogens with zero attached hydrogens (tertiary/aromatic N) is 2. The molecule has 1 aliphatic heterocycles. The van der Waals surface area contributed by atoms with Crippen LogP contribution < -0.4 is 10.6 Å². The van der Waals surface area contributed by atoms with Crippen LogP contribution in [-0.2, 0) is 21.3 Å². The van der Waals surface area contributed by atoms with Crippen LogP contribution >= 0.6 is 35.3 Å². The Kier molecular flexibility index (Phi) is 11.8. The van der Waals surface area contributed by atoms with Gasteiger partial charge in [0, 0.05) is 31.1 Å². The number of ether oxygens (including phenoxy) is 1. The largest absolute Gasteiger partial charge is 0.379 e. The van der Waals surface area contributed by atoms with Crippen LogP contribution in [0.3, 0.4) is 0 Å². The molecule has 0 bridgehead atoms. The van der Waals surface area contributed by atoms with Crippen LogP contribution in [0.4, 0.5) is 0 Å². The van der Waals surface area contributed by atoms with E-state index in [0.29, 0.717) is 37.1 Å². The minimum atomic E-state index is -3.42. The molecule has 1 aliphatic rings. The number of sulfonamides is 1. The van der Waals surface area contributed by atoms with Gasteiger partial charge >= 0.3 is 0 Å². The summed E-state index contributed by atoms with van der Waals surface area (Å²) < 4.78 is 32.4. The van der Waals surface area contributed by atoms with Crippen LogP contribution in [0, 0.1) is 0 Å². The number of halogens is 1.